The van der Waals surface area contributed by atoms with Gasteiger partial charge in [-0.2, -0.15) is 0 Å². The van der Waals surface area contributed by atoms with Crippen molar-refractivity contribution in [2.75, 3.05) is 17.6 Å². The molecule has 0 heterocycles. The van der Waals surface area contributed by atoms with Crippen LogP contribution in [0.25, 0.3) is 0 Å². The van der Waals surface area contributed by atoms with Crippen LogP contribution in [0.1, 0.15) is 38.5 Å². The molecule has 2 nitrogen and oxygen atoms in total. The number of anilines is 2. The third-order valence-corrected chi connectivity index (χ3v) is 4.48. The molecule has 0 aromatic heterocycles. The minimum atomic E-state index is 0.840. The van der Waals surface area contributed by atoms with Gasteiger partial charge < -0.3 is 11.1 Å². The van der Waals surface area contributed by atoms with E-state index >= 15 is 0 Å². The second kappa shape index (κ2) is 6.47. The first-order valence-electron chi connectivity index (χ1n) is 6.54. The Bertz CT molecular complexity index is 359. The van der Waals surface area contributed by atoms with E-state index in [1.54, 1.807) is 0 Å². The van der Waals surface area contributed by atoms with E-state index in [9.17, 15) is 0 Å². The smallest absolute Gasteiger partial charge is 0.0477 e. The van der Waals surface area contributed by atoms with E-state index in [1.165, 1.54) is 47.8 Å². The van der Waals surface area contributed by atoms with E-state index in [0.717, 1.165) is 18.2 Å². The number of halogens is 1. The van der Waals surface area contributed by atoms with Crippen molar-refractivity contribution in [3.8, 4) is 0 Å². The van der Waals surface area contributed by atoms with Crippen LogP contribution in [0, 0.1) is 9.49 Å². The van der Waals surface area contributed by atoms with Gasteiger partial charge in [-0.1, -0.05) is 32.1 Å². The van der Waals surface area contributed by atoms with Crippen LogP contribution in [0.15, 0.2) is 18.2 Å². The van der Waals surface area contributed by atoms with Crippen LogP contribution in [0.2, 0.25) is 0 Å². The zero-order chi connectivity index (χ0) is 12.1. The maximum Gasteiger partial charge on any atom is 0.0477 e. The lowest BCUT2D eigenvalue weighted by Crippen LogP contribution is -2.12. The van der Waals surface area contributed by atoms with Crippen LogP contribution in [0.5, 0.6) is 0 Å². The standard InChI is InChI=1S/C14H21IN2/c15-13-10-12(16)6-7-14(13)17-9-8-11-4-2-1-3-5-11/h6-7,10-11,17H,1-5,8-9,16H2. The van der Waals surface area contributed by atoms with Crippen molar-refractivity contribution >= 4 is 34.0 Å². The summed E-state index contributed by atoms with van der Waals surface area (Å²) in [4.78, 5) is 0. The molecule has 17 heavy (non-hydrogen) atoms. The lowest BCUT2D eigenvalue weighted by Gasteiger charge is -2.21. The monoisotopic (exact) mass is 344 g/mol. The molecular formula is C14H21IN2. The lowest BCUT2D eigenvalue weighted by molar-refractivity contribution is 0.345. The third kappa shape index (κ3) is 4.05. The van der Waals surface area contributed by atoms with E-state index in [4.69, 9.17) is 5.73 Å². The summed E-state index contributed by atoms with van der Waals surface area (Å²) >= 11 is 2.34. The van der Waals surface area contributed by atoms with Gasteiger partial charge in [0.15, 0.2) is 0 Å². The van der Waals surface area contributed by atoms with Crippen molar-refractivity contribution in [2.45, 2.75) is 38.5 Å². The summed E-state index contributed by atoms with van der Waals surface area (Å²) in [5.41, 5.74) is 7.80. The number of rotatable bonds is 4. The van der Waals surface area contributed by atoms with E-state index in [-0.39, 0.29) is 0 Å². The molecule has 3 N–H and O–H groups in total. The fourth-order valence-electron chi connectivity index (χ4n) is 2.56. The van der Waals surface area contributed by atoms with Gasteiger partial charge >= 0.3 is 0 Å². The second-order valence-corrected chi connectivity index (χ2v) is 6.12. The Hall–Kier alpha value is -0.450. The van der Waals surface area contributed by atoms with Crippen molar-refractivity contribution in [2.24, 2.45) is 5.92 Å². The normalized spacial score (nSPS) is 17.0. The number of hydrogen-bond donors (Lipinski definition) is 2. The van der Waals surface area contributed by atoms with Crippen LogP contribution in [0.3, 0.4) is 0 Å². The molecule has 0 saturated heterocycles. The van der Waals surface area contributed by atoms with Crippen molar-refractivity contribution in [3.05, 3.63) is 21.8 Å². The highest BCUT2D eigenvalue weighted by Gasteiger charge is 2.12. The highest BCUT2D eigenvalue weighted by molar-refractivity contribution is 14.1. The molecule has 0 atom stereocenters. The molecule has 0 radical (unpaired) electrons. The maximum absolute atomic E-state index is 5.74. The fraction of sp³-hybridized carbons (Fsp3) is 0.571. The largest absolute Gasteiger partial charge is 0.399 e. The number of hydrogen-bond acceptors (Lipinski definition) is 2. The highest BCUT2D eigenvalue weighted by atomic mass is 127. The minimum absolute atomic E-state index is 0.840. The van der Waals surface area contributed by atoms with E-state index in [0.29, 0.717) is 0 Å². The number of nitrogens with two attached hydrogens (primary N) is 1. The van der Waals surface area contributed by atoms with E-state index in [1.807, 2.05) is 12.1 Å². The Morgan fingerprint density at radius 3 is 2.71 bits per heavy atom. The number of benzene rings is 1. The van der Waals surface area contributed by atoms with Crippen molar-refractivity contribution < 1.29 is 0 Å². The topological polar surface area (TPSA) is 38.0 Å². The Kier molecular flexibility index (Phi) is 4.95. The average molecular weight is 344 g/mol. The van der Waals surface area contributed by atoms with Crippen molar-refractivity contribution in [1.82, 2.24) is 0 Å². The van der Waals surface area contributed by atoms with Gasteiger partial charge in [-0.15, -0.1) is 0 Å². The van der Waals surface area contributed by atoms with Crippen LogP contribution in [0.4, 0.5) is 11.4 Å². The molecule has 0 spiro atoms. The summed E-state index contributed by atoms with van der Waals surface area (Å²) in [6, 6.07) is 6.06. The predicted molar refractivity (Wildman–Crippen MR) is 83.3 cm³/mol. The minimum Gasteiger partial charge on any atom is -0.399 e. The number of nitrogen functional groups attached to an aromatic ring is 1. The van der Waals surface area contributed by atoms with E-state index < -0.39 is 0 Å². The molecule has 3 heteroatoms. The van der Waals surface area contributed by atoms with Gasteiger partial charge in [-0.25, -0.2) is 0 Å². The second-order valence-electron chi connectivity index (χ2n) is 4.96. The Morgan fingerprint density at radius 1 is 1.24 bits per heavy atom. The zero-order valence-electron chi connectivity index (χ0n) is 10.2. The molecular weight excluding hydrogens is 323 g/mol. The molecule has 1 aliphatic carbocycles. The van der Waals surface area contributed by atoms with Gasteiger partial charge in [0, 0.05) is 21.5 Å². The van der Waals surface area contributed by atoms with Gasteiger partial charge in [0.05, 0.1) is 0 Å². The molecule has 0 bridgehead atoms. The van der Waals surface area contributed by atoms with Crippen molar-refractivity contribution in [3.63, 3.8) is 0 Å². The molecule has 94 valence electrons. The average Bonchev–Trinajstić information content (AvgIpc) is 2.33. The maximum atomic E-state index is 5.74. The fourth-order valence-corrected chi connectivity index (χ4v) is 3.29. The SMILES string of the molecule is Nc1ccc(NCCC2CCCCC2)c(I)c1. The van der Waals surface area contributed by atoms with Crippen LogP contribution < -0.4 is 11.1 Å². The van der Waals surface area contributed by atoms with E-state index in [2.05, 4.69) is 34.0 Å². The van der Waals surface area contributed by atoms with Gasteiger partial charge in [0.1, 0.15) is 0 Å². The Morgan fingerprint density at radius 2 is 2.00 bits per heavy atom. The van der Waals surface area contributed by atoms with Gasteiger partial charge in [-0.3, -0.25) is 0 Å². The molecule has 1 aliphatic rings. The summed E-state index contributed by atoms with van der Waals surface area (Å²) in [5.74, 6) is 0.947. The summed E-state index contributed by atoms with van der Waals surface area (Å²) in [6.45, 7) is 1.09. The number of nitrogens with one attached hydrogen (secondary N) is 1. The van der Waals surface area contributed by atoms with Crippen molar-refractivity contribution in [1.29, 1.82) is 0 Å². The molecule has 0 unspecified atom stereocenters. The molecule has 1 saturated carbocycles. The molecule has 1 aromatic carbocycles. The highest BCUT2D eigenvalue weighted by Crippen LogP contribution is 2.27. The first-order chi connectivity index (χ1) is 8.25. The van der Waals surface area contributed by atoms with Gasteiger partial charge in [-0.05, 0) is 53.1 Å². The summed E-state index contributed by atoms with van der Waals surface area (Å²) in [5, 5.41) is 3.52. The first-order valence-corrected chi connectivity index (χ1v) is 7.62. The Labute approximate surface area is 117 Å². The van der Waals surface area contributed by atoms with Crippen LogP contribution in [-0.2, 0) is 0 Å². The van der Waals surface area contributed by atoms with Crippen LogP contribution in [-0.4, -0.2) is 6.54 Å². The predicted octanol–water partition coefficient (Wildman–Crippen LogP) is 4.26. The molecule has 0 amide bonds. The molecule has 2 rings (SSSR count). The molecule has 1 aromatic rings. The zero-order valence-corrected chi connectivity index (χ0v) is 12.4. The summed E-state index contributed by atoms with van der Waals surface area (Å²) in [6.07, 6.45) is 8.48. The third-order valence-electron chi connectivity index (χ3n) is 3.59. The van der Waals surface area contributed by atoms with Gasteiger partial charge in [0.2, 0.25) is 0 Å². The first kappa shape index (κ1) is 13.0. The molecule has 1 fully saturated rings. The summed E-state index contributed by atoms with van der Waals surface area (Å²) in [7, 11) is 0. The van der Waals surface area contributed by atoms with Crippen LogP contribution >= 0.6 is 22.6 Å². The molecule has 0 aliphatic heterocycles. The quantitative estimate of drug-likeness (QED) is 0.633. The lowest BCUT2D eigenvalue weighted by atomic mass is 9.87. The summed E-state index contributed by atoms with van der Waals surface area (Å²) < 4.78 is 1.21. The Balaban J connectivity index is 1.77. The van der Waals surface area contributed by atoms with Gasteiger partial charge in [0.25, 0.3) is 0 Å².